The summed E-state index contributed by atoms with van der Waals surface area (Å²) in [5.74, 6) is 0.947. The molecule has 1 aromatic rings. The molecule has 0 aliphatic carbocycles. The minimum Gasteiger partial charge on any atom is -0.496 e. The van der Waals surface area contributed by atoms with Crippen LogP contribution in [0.3, 0.4) is 0 Å². The Balaban J connectivity index is 2.10. The van der Waals surface area contributed by atoms with Gasteiger partial charge in [0, 0.05) is 11.6 Å². The number of piperidine rings is 1. The molecule has 1 atom stereocenters. The number of benzene rings is 1. The summed E-state index contributed by atoms with van der Waals surface area (Å²) in [5, 5.41) is 3.51. The summed E-state index contributed by atoms with van der Waals surface area (Å²) in [6, 6.07) is 6.80. The van der Waals surface area contributed by atoms with Crippen LogP contribution in [0.1, 0.15) is 30.4 Å². The third kappa shape index (κ3) is 3.34. The summed E-state index contributed by atoms with van der Waals surface area (Å²) in [6.07, 6.45) is 8.31. The zero-order chi connectivity index (χ0) is 12.1. The van der Waals surface area contributed by atoms with Crippen molar-refractivity contribution in [1.29, 1.82) is 0 Å². The minimum absolute atomic E-state index is 0.522. The van der Waals surface area contributed by atoms with Crippen LogP contribution in [0.2, 0.25) is 0 Å². The highest BCUT2D eigenvalue weighted by atomic mass is 16.5. The maximum absolute atomic E-state index is 5.37. The van der Waals surface area contributed by atoms with E-state index in [1.165, 1.54) is 30.4 Å². The van der Waals surface area contributed by atoms with Crippen LogP contribution in [-0.4, -0.2) is 19.7 Å². The van der Waals surface area contributed by atoms with E-state index >= 15 is 0 Å². The molecule has 2 heteroatoms. The summed E-state index contributed by atoms with van der Waals surface area (Å²) < 4.78 is 5.37. The lowest BCUT2D eigenvalue weighted by Crippen LogP contribution is -2.31. The van der Waals surface area contributed by atoms with Crippen LogP contribution in [0, 0.1) is 6.92 Å². The van der Waals surface area contributed by atoms with Gasteiger partial charge in [-0.15, -0.1) is 0 Å². The third-order valence-electron chi connectivity index (χ3n) is 3.24. The second-order valence-corrected chi connectivity index (χ2v) is 4.66. The quantitative estimate of drug-likeness (QED) is 0.862. The van der Waals surface area contributed by atoms with Crippen molar-refractivity contribution in [3.8, 4) is 5.75 Å². The summed E-state index contributed by atoms with van der Waals surface area (Å²) in [6.45, 7) is 3.25. The van der Waals surface area contributed by atoms with E-state index < -0.39 is 0 Å². The van der Waals surface area contributed by atoms with E-state index in [0.29, 0.717) is 6.04 Å². The lowest BCUT2D eigenvalue weighted by Gasteiger charge is -2.20. The second kappa shape index (κ2) is 5.87. The SMILES string of the molecule is COc1ccc(C)cc1/C=C/C1CCCCN1. The summed E-state index contributed by atoms with van der Waals surface area (Å²) in [4.78, 5) is 0. The largest absolute Gasteiger partial charge is 0.496 e. The zero-order valence-corrected chi connectivity index (χ0v) is 10.7. The van der Waals surface area contributed by atoms with Crippen LogP contribution < -0.4 is 10.1 Å². The lowest BCUT2D eigenvalue weighted by molar-refractivity contribution is 0.413. The van der Waals surface area contributed by atoms with Gasteiger partial charge in [-0.3, -0.25) is 0 Å². The molecule has 0 amide bonds. The summed E-state index contributed by atoms with van der Waals surface area (Å²) >= 11 is 0. The highest BCUT2D eigenvalue weighted by Crippen LogP contribution is 2.21. The van der Waals surface area contributed by atoms with Gasteiger partial charge in [0.25, 0.3) is 0 Å². The predicted octanol–water partition coefficient (Wildman–Crippen LogP) is 3.16. The molecule has 1 aromatic carbocycles. The molecule has 0 bridgehead atoms. The Kier molecular flexibility index (Phi) is 4.21. The van der Waals surface area contributed by atoms with Gasteiger partial charge in [-0.2, -0.15) is 0 Å². The zero-order valence-electron chi connectivity index (χ0n) is 10.7. The first-order valence-electron chi connectivity index (χ1n) is 6.36. The number of methoxy groups -OCH3 is 1. The van der Waals surface area contributed by atoms with Gasteiger partial charge in [-0.1, -0.05) is 30.2 Å². The molecule has 1 fully saturated rings. The van der Waals surface area contributed by atoms with Crippen molar-refractivity contribution in [2.24, 2.45) is 0 Å². The number of aryl methyl sites for hydroxylation is 1. The third-order valence-corrected chi connectivity index (χ3v) is 3.24. The summed E-state index contributed by atoms with van der Waals surface area (Å²) in [5.41, 5.74) is 2.43. The first-order chi connectivity index (χ1) is 8.29. The maximum atomic E-state index is 5.37. The Labute approximate surface area is 104 Å². The molecule has 1 saturated heterocycles. The van der Waals surface area contributed by atoms with E-state index in [1.54, 1.807) is 7.11 Å². The Morgan fingerprint density at radius 1 is 1.35 bits per heavy atom. The average molecular weight is 231 g/mol. The van der Waals surface area contributed by atoms with Crippen LogP contribution in [0.15, 0.2) is 24.3 Å². The topological polar surface area (TPSA) is 21.3 Å². The van der Waals surface area contributed by atoms with Crippen LogP contribution in [0.25, 0.3) is 6.08 Å². The minimum atomic E-state index is 0.522. The second-order valence-electron chi connectivity index (χ2n) is 4.66. The molecule has 1 heterocycles. The van der Waals surface area contributed by atoms with Crippen LogP contribution in [0.5, 0.6) is 5.75 Å². The number of hydrogen-bond acceptors (Lipinski definition) is 2. The molecule has 2 nitrogen and oxygen atoms in total. The van der Waals surface area contributed by atoms with Crippen molar-refractivity contribution >= 4 is 6.08 Å². The van der Waals surface area contributed by atoms with E-state index in [1.807, 2.05) is 6.07 Å². The lowest BCUT2D eigenvalue weighted by atomic mass is 10.0. The molecule has 2 rings (SSSR count). The smallest absolute Gasteiger partial charge is 0.126 e. The molecule has 1 aliphatic heterocycles. The van der Waals surface area contributed by atoms with Gasteiger partial charge in [0.05, 0.1) is 7.11 Å². The molecule has 0 radical (unpaired) electrons. The van der Waals surface area contributed by atoms with Gasteiger partial charge in [0.2, 0.25) is 0 Å². The average Bonchev–Trinajstić information content (AvgIpc) is 2.38. The Morgan fingerprint density at radius 2 is 2.24 bits per heavy atom. The van der Waals surface area contributed by atoms with Gasteiger partial charge in [0.1, 0.15) is 5.75 Å². The Bertz CT molecular complexity index is 392. The highest BCUT2D eigenvalue weighted by Gasteiger charge is 2.08. The van der Waals surface area contributed by atoms with E-state index in [0.717, 1.165) is 12.3 Å². The van der Waals surface area contributed by atoms with Crippen molar-refractivity contribution in [2.45, 2.75) is 32.2 Å². The molecule has 1 N–H and O–H groups in total. The van der Waals surface area contributed by atoms with Crippen LogP contribution in [-0.2, 0) is 0 Å². The van der Waals surface area contributed by atoms with Gasteiger partial charge in [-0.25, -0.2) is 0 Å². The number of ether oxygens (including phenoxy) is 1. The molecular weight excluding hydrogens is 210 g/mol. The van der Waals surface area contributed by atoms with E-state index in [2.05, 4.69) is 36.5 Å². The standard InChI is InChI=1S/C15H21NO/c1-12-6-9-15(17-2)13(11-12)7-8-14-5-3-4-10-16-14/h6-9,11,14,16H,3-5,10H2,1-2H3/b8-7+. The Morgan fingerprint density at radius 3 is 2.94 bits per heavy atom. The maximum Gasteiger partial charge on any atom is 0.126 e. The Hall–Kier alpha value is -1.28. The number of nitrogens with one attached hydrogen (secondary N) is 1. The van der Waals surface area contributed by atoms with Gasteiger partial charge in [-0.05, 0) is 38.4 Å². The van der Waals surface area contributed by atoms with Crippen molar-refractivity contribution in [2.75, 3.05) is 13.7 Å². The van der Waals surface area contributed by atoms with Crippen molar-refractivity contribution in [3.05, 3.63) is 35.4 Å². The fourth-order valence-corrected chi connectivity index (χ4v) is 2.25. The number of rotatable bonds is 3. The normalized spacial score (nSPS) is 20.7. The predicted molar refractivity (Wildman–Crippen MR) is 72.4 cm³/mol. The first-order valence-corrected chi connectivity index (χ1v) is 6.36. The fourth-order valence-electron chi connectivity index (χ4n) is 2.25. The molecule has 1 aliphatic rings. The highest BCUT2D eigenvalue weighted by molar-refractivity contribution is 5.58. The van der Waals surface area contributed by atoms with Crippen molar-refractivity contribution in [3.63, 3.8) is 0 Å². The molecule has 0 saturated carbocycles. The number of hydrogen-bond donors (Lipinski definition) is 1. The molecule has 0 aromatic heterocycles. The molecule has 0 spiro atoms. The molecule has 1 unspecified atom stereocenters. The van der Waals surface area contributed by atoms with Gasteiger partial charge < -0.3 is 10.1 Å². The van der Waals surface area contributed by atoms with Crippen LogP contribution >= 0.6 is 0 Å². The molecular formula is C15H21NO. The first kappa shape index (κ1) is 12.2. The van der Waals surface area contributed by atoms with Gasteiger partial charge in [0.15, 0.2) is 0 Å². The molecule has 17 heavy (non-hydrogen) atoms. The van der Waals surface area contributed by atoms with Gasteiger partial charge >= 0.3 is 0 Å². The summed E-state index contributed by atoms with van der Waals surface area (Å²) in [7, 11) is 1.72. The molecule has 92 valence electrons. The monoisotopic (exact) mass is 231 g/mol. The fraction of sp³-hybridized carbons (Fsp3) is 0.467. The van der Waals surface area contributed by atoms with Crippen molar-refractivity contribution < 1.29 is 4.74 Å². The van der Waals surface area contributed by atoms with Crippen LogP contribution in [0.4, 0.5) is 0 Å². The van der Waals surface area contributed by atoms with Crippen molar-refractivity contribution in [1.82, 2.24) is 5.32 Å². The van der Waals surface area contributed by atoms with E-state index in [4.69, 9.17) is 4.74 Å². The van der Waals surface area contributed by atoms with E-state index in [-0.39, 0.29) is 0 Å². The van der Waals surface area contributed by atoms with E-state index in [9.17, 15) is 0 Å².